The van der Waals surface area contributed by atoms with Crippen molar-refractivity contribution in [1.29, 1.82) is 0 Å². The number of rotatable bonds is 5. The van der Waals surface area contributed by atoms with Gasteiger partial charge in [-0.1, -0.05) is 64.0 Å². The van der Waals surface area contributed by atoms with Gasteiger partial charge in [-0.15, -0.1) is 0 Å². The molecule has 0 bridgehead atoms. The van der Waals surface area contributed by atoms with Crippen molar-refractivity contribution in [2.75, 3.05) is 0 Å². The van der Waals surface area contributed by atoms with Crippen LogP contribution in [-0.2, 0) is 23.1 Å². The van der Waals surface area contributed by atoms with E-state index < -0.39 is 0 Å². The third kappa shape index (κ3) is 4.71. The Kier molecular flexibility index (Phi) is 5.57. The van der Waals surface area contributed by atoms with Crippen molar-refractivity contribution in [2.45, 2.75) is 32.1 Å². The van der Waals surface area contributed by atoms with Crippen molar-refractivity contribution in [1.82, 2.24) is 5.32 Å². The molecule has 2 nitrogen and oxygen atoms in total. The Labute approximate surface area is 134 Å². The van der Waals surface area contributed by atoms with E-state index in [1.165, 1.54) is 11.1 Å². The molecule has 0 aliphatic carbocycles. The summed E-state index contributed by atoms with van der Waals surface area (Å²) in [5.41, 5.74) is 5.81. The van der Waals surface area contributed by atoms with Gasteiger partial charge in [-0.3, -0.25) is 4.79 Å². The van der Waals surface area contributed by atoms with Crippen molar-refractivity contribution >= 4 is 21.8 Å². The number of benzene rings is 2. The summed E-state index contributed by atoms with van der Waals surface area (Å²) in [7, 11) is 0. The lowest BCUT2D eigenvalue weighted by Gasteiger charge is -2.09. The van der Waals surface area contributed by atoms with Gasteiger partial charge < -0.3 is 5.32 Å². The molecule has 1 N–H and O–H groups in total. The molecule has 0 spiro atoms. The van der Waals surface area contributed by atoms with Crippen LogP contribution in [0.1, 0.15) is 27.8 Å². The summed E-state index contributed by atoms with van der Waals surface area (Å²) in [6, 6.07) is 14.5. The van der Waals surface area contributed by atoms with Gasteiger partial charge in [0.25, 0.3) is 0 Å². The molecule has 3 heteroatoms. The molecule has 0 heterocycles. The van der Waals surface area contributed by atoms with E-state index in [2.05, 4.69) is 63.7 Å². The van der Waals surface area contributed by atoms with Crippen molar-refractivity contribution in [3.05, 3.63) is 70.3 Å². The second-order valence-electron chi connectivity index (χ2n) is 5.33. The van der Waals surface area contributed by atoms with Crippen molar-refractivity contribution in [3.8, 4) is 0 Å². The maximum Gasteiger partial charge on any atom is 0.224 e. The summed E-state index contributed by atoms with van der Waals surface area (Å²) in [5.74, 6) is 0.0632. The highest BCUT2D eigenvalue weighted by atomic mass is 79.9. The summed E-state index contributed by atoms with van der Waals surface area (Å²) >= 11 is 3.42. The fraction of sp³-hybridized carbons (Fsp3) is 0.278. The second kappa shape index (κ2) is 7.41. The fourth-order valence-corrected chi connectivity index (χ4v) is 2.55. The third-order valence-corrected chi connectivity index (χ3v) is 4.17. The molecule has 0 fully saturated rings. The summed E-state index contributed by atoms with van der Waals surface area (Å²) in [4.78, 5) is 12.1. The van der Waals surface area contributed by atoms with Crippen LogP contribution in [0.3, 0.4) is 0 Å². The Hall–Kier alpha value is -1.61. The molecule has 0 unspecified atom stereocenters. The standard InChI is InChI=1S/C18H20BrNO/c1-13-3-4-14(2)17(9-13)10-18(21)20-12-16-7-5-15(11-19)6-8-16/h3-9H,10-12H2,1-2H3,(H,20,21). The number of hydrogen-bond acceptors (Lipinski definition) is 1. The molecule has 0 aliphatic rings. The minimum absolute atomic E-state index is 0.0632. The van der Waals surface area contributed by atoms with E-state index in [-0.39, 0.29) is 5.91 Å². The van der Waals surface area contributed by atoms with Crippen LogP contribution in [0.15, 0.2) is 42.5 Å². The number of carbonyl (C=O) groups excluding carboxylic acids is 1. The first kappa shape index (κ1) is 15.8. The van der Waals surface area contributed by atoms with Crippen molar-refractivity contribution in [3.63, 3.8) is 0 Å². The minimum atomic E-state index is 0.0632. The third-order valence-electron chi connectivity index (χ3n) is 3.52. The van der Waals surface area contributed by atoms with Gasteiger partial charge in [0.05, 0.1) is 6.42 Å². The summed E-state index contributed by atoms with van der Waals surface area (Å²) in [6.07, 6.45) is 0.437. The molecule has 0 aliphatic heterocycles. The maximum atomic E-state index is 12.1. The number of aryl methyl sites for hydroxylation is 2. The molecule has 0 radical (unpaired) electrons. The lowest BCUT2D eigenvalue weighted by molar-refractivity contribution is -0.120. The minimum Gasteiger partial charge on any atom is -0.352 e. The van der Waals surface area contributed by atoms with E-state index in [1.807, 2.05) is 13.8 Å². The molecule has 110 valence electrons. The Morgan fingerprint density at radius 1 is 1.05 bits per heavy atom. The van der Waals surface area contributed by atoms with Crippen LogP contribution in [0.25, 0.3) is 0 Å². The van der Waals surface area contributed by atoms with Gasteiger partial charge in [0.1, 0.15) is 0 Å². The first-order valence-electron chi connectivity index (χ1n) is 7.05. The van der Waals surface area contributed by atoms with Crippen LogP contribution in [0.5, 0.6) is 0 Å². The Morgan fingerprint density at radius 3 is 2.38 bits per heavy atom. The Bertz CT molecular complexity index is 620. The number of carbonyl (C=O) groups is 1. The van der Waals surface area contributed by atoms with Gasteiger partial charge in [-0.2, -0.15) is 0 Å². The van der Waals surface area contributed by atoms with Gasteiger partial charge >= 0.3 is 0 Å². The van der Waals surface area contributed by atoms with Crippen molar-refractivity contribution in [2.24, 2.45) is 0 Å². The highest BCUT2D eigenvalue weighted by molar-refractivity contribution is 9.08. The first-order valence-corrected chi connectivity index (χ1v) is 8.17. The zero-order chi connectivity index (χ0) is 15.2. The average molecular weight is 346 g/mol. The molecule has 1 amide bonds. The van der Waals surface area contributed by atoms with Crippen LogP contribution >= 0.6 is 15.9 Å². The SMILES string of the molecule is Cc1ccc(C)c(CC(=O)NCc2ccc(CBr)cc2)c1. The highest BCUT2D eigenvalue weighted by Gasteiger charge is 2.06. The molecule has 2 rings (SSSR count). The van der Waals surface area contributed by atoms with Crippen LogP contribution in [-0.4, -0.2) is 5.91 Å². The van der Waals surface area contributed by atoms with Crippen LogP contribution in [0.4, 0.5) is 0 Å². The van der Waals surface area contributed by atoms with Gasteiger partial charge in [-0.05, 0) is 36.1 Å². The zero-order valence-corrected chi connectivity index (χ0v) is 14.0. The number of alkyl halides is 1. The second-order valence-corrected chi connectivity index (χ2v) is 5.89. The molecule has 0 atom stereocenters. The molecule has 2 aromatic carbocycles. The van der Waals surface area contributed by atoms with Gasteiger partial charge in [0.2, 0.25) is 5.91 Å². The number of halogens is 1. The Morgan fingerprint density at radius 2 is 1.71 bits per heavy atom. The van der Waals surface area contributed by atoms with Crippen molar-refractivity contribution < 1.29 is 4.79 Å². The van der Waals surface area contributed by atoms with E-state index in [9.17, 15) is 4.79 Å². The first-order chi connectivity index (χ1) is 10.1. The molecule has 21 heavy (non-hydrogen) atoms. The van der Waals surface area contributed by atoms with E-state index in [0.29, 0.717) is 13.0 Å². The summed E-state index contributed by atoms with van der Waals surface area (Å²) < 4.78 is 0. The molecule has 2 aromatic rings. The average Bonchev–Trinajstić information content (AvgIpc) is 2.49. The monoisotopic (exact) mass is 345 g/mol. The van der Waals surface area contributed by atoms with Crippen LogP contribution < -0.4 is 5.32 Å². The Balaban J connectivity index is 1.91. The molecule has 0 aromatic heterocycles. The maximum absolute atomic E-state index is 12.1. The number of amides is 1. The molecular weight excluding hydrogens is 326 g/mol. The quantitative estimate of drug-likeness (QED) is 0.813. The van der Waals surface area contributed by atoms with Gasteiger partial charge in [0.15, 0.2) is 0 Å². The molecule has 0 saturated carbocycles. The topological polar surface area (TPSA) is 29.1 Å². The molecule has 0 saturated heterocycles. The van der Waals surface area contributed by atoms with Crippen LogP contribution in [0, 0.1) is 13.8 Å². The fourth-order valence-electron chi connectivity index (χ4n) is 2.17. The smallest absolute Gasteiger partial charge is 0.224 e. The van der Waals surface area contributed by atoms with E-state index in [1.54, 1.807) is 0 Å². The largest absolute Gasteiger partial charge is 0.352 e. The summed E-state index contributed by atoms with van der Waals surface area (Å²) in [6.45, 7) is 4.67. The van der Waals surface area contributed by atoms with E-state index in [0.717, 1.165) is 22.0 Å². The lowest BCUT2D eigenvalue weighted by atomic mass is 10.0. The predicted molar refractivity (Wildman–Crippen MR) is 90.5 cm³/mol. The summed E-state index contributed by atoms with van der Waals surface area (Å²) in [5, 5.41) is 3.83. The van der Waals surface area contributed by atoms with E-state index in [4.69, 9.17) is 0 Å². The van der Waals surface area contributed by atoms with E-state index >= 15 is 0 Å². The van der Waals surface area contributed by atoms with Gasteiger partial charge in [0, 0.05) is 11.9 Å². The molecular formula is C18H20BrNO. The van der Waals surface area contributed by atoms with Gasteiger partial charge in [-0.25, -0.2) is 0 Å². The number of nitrogens with one attached hydrogen (secondary N) is 1. The number of hydrogen-bond donors (Lipinski definition) is 1. The van der Waals surface area contributed by atoms with Crippen LogP contribution in [0.2, 0.25) is 0 Å². The normalized spacial score (nSPS) is 10.4. The predicted octanol–water partition coefficient (Wildman–Crippen LogP) is 4.06. The highest BCUT2D eigenvalue weighted by Crippen LogP contribution is 2.12. The zero-order valence-electron chi connectivity index (χ0n) is 12.4. The lowest BCUT2D eigenvalue weighted by Crippen LogP contribution is -2.24.